The predicted molar refractivity (Wildman–Crippen MR) is 108 cm³/mol. The predicted octanol–water partition coefficient (Wildman–Crippen LogP) is 3.81. The van der Waals surface area contributed by atoms with Gasteiger partial charge >= 0.3 is 5.97 Å². The molecule has 11 heteroatoms. The first-order valence-corrected chi connectivity index (χ1v) is 11.9. The van der Waals surface area contributed by atoms with Gasteiger partial charge in [0.05, 0.1) is 22.8 Å². The summed E-state index contributed by atoms with van der Waals surface area (Å²) in [6, 6.07) is 3.60. The van der Waals surface area contributed by atoms with Crippen LogP contribution in [0.2, 0.25) is 5.02 Å². The van der Waals surface area contributed by atoms with Gasteiger partial charge in [-0.15, -0.1) is 0 Å². The standard InChI is InChI=1S/C12H12BrClIN3O3S2/c1-2-21-12(19)6-18(23(16)20)11-5-17(22-15)10-4-9(14)8(13)3-7(10)11/h3-5H,2,6,16H2,1H3. The number of hydrogen-bond acceptors (Lipinski definition) is 4. The highest BCUT2D eigenvalue weighted by Crippen LogP contribution is 2.38. The van der Waals surface area contributed by atoms with E-state index in [0.717, 1.165) is 10.9 Å². The zero-order chi connectivity index (χ0) is 17.1. The fourth-order valence-electron chi connectivity index (χ4n) is 2.00. The van der Waals surface area contributed by atoms with E-state index in [1.54, 1.807) is 25.3 Å². The second kappa shape index (κ2) is 8.39. The second-order valence-electron chi connectivity index (χ2n) is 4.31. The van der Waals surface area contributed by atoms with Crippen molar-refractivity contribution < 1.29 is 13.7 Å². The Morgan fingerprint density at radius 1 is 1.61 bits per heavy atom. The summed E-state index contributed by atoms with van der Waals surface area (Å²) < 4.78 is 20.7. The van der Waals surface area contributed by atoms with Gasteiger partial charge in [-0.1, -0.05) is 11.6 Å². The molecule has 0 bridgehead atoms. The van der Waals surface area contributed by atoms with Crippen LogP contribution in [0.15, 0.2) is 22.8 Å². The average molecular weight is 553 g/mol. The summed E-state index contributed by atoms with van der Waals surface area (Å²) in [7, 11) is 1.42. The van der Waals surface area contributed by atoms with E-state index < -0.39 is 17.1 Å². The first-order valence-electron chi connectivity index (χ1n) is 6.27. The summed E-state index contributed by atoms with van der Waals surface area (Å²) >= 11 is 9.77. The molecule has 2 N–H and O–H groups in total. The van der Waals surface area contributed by atoms with Gasteiger partial charge < -0.3 is 4.74 Å². The maximum Gasteiger partial charge on any atom is 0.326 e. The molecule has 0 aliphatic rings. The smallest absolute Gasteiger partial charge is 0.326 e. The van der Waals surface area contributed by atoms with E-state index in [2.05, 4.69) is 37.1 Å². The summed E-state index contributed by atoms with van der Waals surface area (Å²) in [5, 5.41) is 6.88. The summed E-state index contributed by atoms with van der Waals surface area (Å²) in [5.41, 5.74) is 1.39. The van der Waals surface area contributed by atoms with Crippen LogP contribution in [-0.4, -0.2) is 27.3 Å². The first kappa shape index (κ1) is 19.3. The number of anilines is 1. The van der Waals surface area contributed by atoms with Gasteiger partial charge in [0, 0.05) is 46.4 Å². The number of carbonyl (C=O) groups excluding carboxylic acids is 1. The topological polar surface area (TPSA) is 77.6 Å². The lowest BCUT2D eigenvalue weighted by molar-refractivity contribution is -0.141. The molecule has 0 amide bonds. The molecule has 0 aliphatic heterocycles. The van der Waals surface area contributed by atoms with E-state index >= 15 is 0 Å². The molecule has 0 radical (unpaired) electrons. The summed E-state index contributed by atoms with van der Waals surface area (Å²) in [4.78, 5) is 11.8. The number of hydrogen-bond donors (Lipinski definition) is 1. The van der Waals surface area contributed by atoms with Crippen LogP contribution in [0.1, 0.15) is 6.92 Å². The summed E-state index contributed by atoms with van der Waals surface area (Å²) in [6.45, 7) is 1.75. The van der Waals surface area contributed by atoms with E-state index in [9.17, 15) is 9.00 Å². The zero-order valence-corrected chi connectivity index (χ0v) is 17.9. The van der Waals surface area contributed by atoms with Gasteiger partial charge in [0.2, 0.25) is 0 Å². The van der Waals surface area contributed by atoms with E-state index in [-0.39, 0.29) is 13.2 Å². The lowest BCUT2D eigenvalue weighted by Crippen LogP contribution is -2.36. The average Bonchev–Trinajstić information content (AvgIpc) is 2.83. The third-order valence-electron chi connectivity index (χ3n) is 2.93. The lowest BCUT2D eigenvalue weighted by atomic mass is 10.2. The Kier molecular flexibility index (Phi) is 7.04. The molecule has 2 rings (SSSR count). The maximum atomic E-state index is 11.9. The van der Waals surface area contributed by atoms with E-state index in [0.29, 0.717) is 15.2 Å². The van der Waals surface area contributed by atoms with E-state index in [1.165, 1.54) is 13.4 Å². The zero-order valence-electron chi connectivity index (χ0n) is 11.8. The highest BCUT2D eigenvalue weighted by Gasteiger charge is 2.22. The number of aromatic nitrogens is 1. The molecule has 6 nitrogen and oxygen atoms in total. The highest BCUT2D eigenvalue weighted by molar-refractivity contribution is 14.2. The van der Waals surface area contributed by atoms with Crippen LogP contribution in [-0.2, 0) is 20.7 Å². The quantitative estimate of drug-likeness (QED) is 0.437. The molecule has 1 heterocycles. The van der Waals surface area contributed by atoms with Crippen LogP contribution in [0, 0.1) is 0 Å². The number of nitrogens with two attached hydrogens (primary N) is 1. The van der Waals surface area contributed by atoms with Crippen LogP contribution in [0.3, 0.4) is 0 Å². The molecule has 0 spiro atoms. The Morgan fingerprint density at radius 2 is 2.30 bits per heavy atom. The van der Waals surface area contributed by atoms with Crippen molar-refractivity contribution in [1.29, 1.82) is 0 Å². The van der Waals surface area contributed by atoms with Crippen molar-refractivity contribution in [2.24, 2.45) is 5.14 Å². The minimum atomic E-state index is -1.88. The lowest BCUT2D eigenvalue weighted by Gasteiger charge is -2.19. The van der Waals surface area contributed by atoms with Crippen molar-refractivity contribution in [2.45, 2.75) is 6.92 Å². The van der Waals surface area contributed by atoms with Gasteiger partial charge in [-0.25, -0.2) is 9.35 Å². The Balaban J connectivity index is 2.56. The van der Waals surface area contributed by atoms with Crippen molar-refractivity contribution in [2.75, 3.05) is 17.5 Å². The first-order chi connectivity index (χ1) is 10.9. The Bertz CT molecular complexity index is 774. The molecular formula is C12H12BrClIN3O3S2. The van der Waals surface area contributed by atoms with Gasteiger partial charge in [-0.2, -0.15) is 0 Å². The van der Waals surface area contributed by atoms with Crippen molar-refractivity contribution in [3.63, 3.8) is 0 Å². The minimum Gasteiger partial charge on any atom is -0.465 e. The number of rotatable bonds is 6. The number of benzene rings is 1. The normalized spacial score (nSPS) is 12.4. The van der Waals surface area contributed by atoms with E-state index in [4.69, 9.17) is 21.5 Å². The molecule has 0 fully saturated rings. The molecule has 0 saturated heterocycles. The van der Waals surface area contributed by atoms with Gasteiger partial charge in [0.15, 0.2) is 11.2 Å². The number of carbonyl (C=O) groups is 1. The molecule has 0 aliphatic carbocycles. The van der Waals surface area contributed by atoms with Crippen LogP contribution < -0.4 is 9.44 Å². The molecule has 1 unspecified atom stereocenters. The SMILES string of the molecule is CCOC(=O)CN(c1cn(SI)c2cc(Cl)c(Br)cc12)S(N)=O. The number of ether oxygens (including phenoxy) is 1. The van der Waals surface area contributed by atoms with Crippen molar-refractivity contribution >= 4 is 91.6 Å². The van der Waals surface area contributed by atoms with Crippen molar-refractivity contribution in [1.82, 2.24) is 3.97 Å². The number of esters is 1. The Hall–Kier alpha value is -0.0100. The van der Waals surface area contributed by atoms with Crippen molar-refractivity contribution in [3.05, 3.63) is 27.8 Å². The van der Waals surface area contributed by atoms with Crippen LogP contribution in [0.5, 0.6) is 0 Å². The van der Waals surface area contributed by atoms with Crippen LogP contribution in [0.4, 0.5) is 5.69 Å². The molecule has 2 aromatic rings. The third-order valence-corrected chi connectivity index (χ3v) is 6.61. The molecular weight excluding hydrogens is 541 g/mol. The minimum absolute atomic E-state index is 0.206. The van der Waals surface area contributed by atoms with Crippen LogP contribution in [0.25, 0.3) is 10.9 Å². The molecule has 1 aromatic carbocycles. The molecule has 23 heavy (non-hydrogen) atoms. The molecule has 1 aromatic heterocycles. The fourth-order valence-corrected chi connectivity index (χ4v) is 4.42. The monoisotopic (exact) mass is 551 g/mol. The fraction of sp³-hybridized carbons (Fsp3) is 0.250. The Labute approximate surface area is 165 Å². The van der Waals surface area contributed by atoms with Crippen molar-refractivity contribution in [3.8, 4) is 0 Å². The van der Waals surface area contributed by atoms with Gasteiger partial charge in [0.25, 0.3) is 0 Å². The summed E-state index contributed by atoms with van der Waals surface area (Å²) in [5.74, 6) is -0.498. The van der Waals surface area contributed by atoms with Gasteiger partial charge in [-0.3, -0.25) is 13.1 Å². The maximum absolute atomic E-state index is 11.9. The number of nitrogens with zero attached hydrogens (tertiary/aromatic N) is 2. The largest absolute Gasteiger partial charge is 0.465 e. The third kappa shape index (κ3) is 4.34. The Morgan fingerprint density at radius 3 is 2.87 bits per heavy atom. The van der Waals surface area contributed by atoms with Gasteiger partial charge in [-0.05, 0) is 35.0 Å². The van der Waals surface area contributed by atoms with E-state index in [1.807, 2.05) is 3.97 Å². The van der Waals surface area contributed by atoms with Crippen LogP contribution >= 0.6 is 57.9 Å². The molecule has 0 saturated carbocycles. The number of fused-ring (bicyclic) bond motifs is 1. The molecule has 126 valence electrons. The highest BCUT2D eigenvalue weighted by atomic mass is 127. The van der Waals surface area contributed by atoms with Gasteiger partial charge in [0.1, 0.15) is 6.54 Å². The summed E-state index contributed by atoms with van der Waals surface area (Å²) in [6.07, 6.45) is 1.76. The number of halogens is 3. The second-order valence-corrected chi connectivity index (χ2v) is 8.28. The molecule has 1 atom stereocenters.